The third kappa shape index (κ3) is 2.79. The standard InChI is InChI=1S/C14H22N2O/c1-11-3-4-14(13(9-11)12(2)10-15)16-5-7-17-8-6-16/h3-4,9,12H,5-8,10,15H2,1-2H3. The maximum atomic E-state index is 5.81. The molecule has 94 valence electrons. The van der Waals surface area contributed by atoms with Gasteiger partial charge in [0.25, 0.3) is 0 Å². The highest BCUT2D eigenvalue weighted by Gasteiger charge is 2.17. The lowest BCUT2D eigenvalue weighted by molar-refractivity contribution is 0.122. The predicted molar refractivity (Wildman–Crippen MR) is 71.7 cm³/mol. The minimum Gasteiger partial charge on any atom is -0.378 e. The lowest BCUT2D eigenvalue weighted by atomic mass is 9.96. The van der Waals surface area contributed by atoms with Crippen molar-refractivity contribution in [3.8, 4) is 0 Å². The van der Waals surface area contributed by atoms with Crippen LogP contribution < -0.4 is 10.6 Å². The fraction of sp³-hybridized carbons (Fsp3) is 0.571. The molecule has 0 bridgehead atoms. The van der Waals surface area contributed by atoms with Crippen LogP contribution in [-0.2, 0) is 4.74 Å². The van der Waals surface area contributed by atoms with E-state index in [0.29, 0.717) is 12.5 Å². The van der Waals surface area contributed by atoms with Crippen LogP contribution in [0.25, 0.3) is 0 Å². The van der Waals surface area contributed by atoms with Gasteiger partial charge in [-0.1, -0.05) is 24.6 Å². The van der Waals surface area contributed by atoms with E-state index in [-0.39, 0.29) is 0 Å². The molecule has 1 atom stereocenters. The zero-order valence-electron chi connectivity index (χ0n) is 10.8. The summed E-state index contributed by atoms with van der Waals surface area (Å²) in [7, 11) is 0. The van der Waals surface area contributed by atoms with Gasteiger partial charge in [0.15, 0.2) is 0 Å². The van der Waals surface area contributed by atoms with Crippen molar-refractivity contribution in [1.29, 1.82) is 0 Å². The van der Waals surface area contributed by atoms with Crippen molar-refractivity contribution < 1.29 is 4.74 Å². The number of hydrogen-bond donors (Lipinski definition) is 1. The summed E-state index contributed by atoms with van der Waals surface area (Å²) in [5, 5.41) is 0. The Morgan fingerprint density at radius 2 is 2.06 bits per heavy atom. The maximum Gasteiger partial charge on any atom is 0.0642 e. The van der Waals surface area contributed by atoms with E-state index in [2.05, 4.69) is 36.9 Å². The molecule has 2 N–H and O–H groups in total. The Bertz CT molecular complexity index is 372. The predicted octanol–water partition coefficient (Wildman–Crippen LogP) is 1.89. The summed E-state index contributed by atoms with van der Waals surface area (Å²) in [6, 6.07) is 6.67. The molecular weight excluding hydrogens is 212 g/mol. The van der Waals surface area contributed by atoms with Crippen LogP contribution in [0.15, 0.2) is 18.2 Å². The Labute approximate surface area is 104 Å². The first-order valence-electron chi connectivity index (χ1n) is 6.35. The molecule has 17 heavy (non-hydrogen) atoms. The first-order chi connectivity index (χ1) is 8.22. The molecule has 0 amide bonds. The number of aryl methyl sites for hydroxylation is 1. The van der Waals surface area contributed by atoms with Crippen molar-refractivity contribution in [3.63, 3.8) is 0 Å². The third-order valence-electron chi connectivity index (χ3n) is 3.42. The van der Waals surface area contributed by atoms with Gasteiger partial charge in [-0.3, -0.25) is 0 Å². The molecule has 2 rings (SSSR count). The van der Waals surface area contributed by atoms with Crippen molar-refractivity contribution in [2.24, 2.45) is 5.73 Å². The lowest BCUT2D eigenvalue weighted by Gasteiger charge is -2.32. The summed E-state index contributed by atoms with van der Waals surface area (Å²) in [6.07, 6.45) is 0. The monoisotopic (exact) mass is 234 g/mol. The molecule has 1 aromatic rings. The van der Waals surface area contributed by atoms with E-state index in [4.69, 9.17) is 10.5 Å². The highest BCUT2D eigenvalue weighted by atomic mass is 16.5. The quantitative estimate of drug-likeness (QED) is 0.868. The summed E-state index contributed by atoms with van der Waals surface area (Å²) in [5.41, 5.74) is 9.81. The summed E-state index contributed by atoms with van der Waals surface area (Å²) >= 11 is 0. The number of nitrogens with zero attached hydrogens (tertiary/aromatic N) is 1. The number of nitrogens with two attached hydrogens (primary N) is 1. The molecule has 1 saturated heterocycles. The normalized spacial score (nSPS) is 18.2. The van der Waals surface area contributed by atoms with Crippen molar-refractivity contribution >= 4 is 5.69 Å². The molecule has 1 unspecified atom stereocenters. The molecule has 1 aliphatic rings. The second-order valence-corrected chi connectivity index (χ2v) is 4.80. The molecule has 0 saturated carbocycles. The lowest BCUT2D eigenvalue weighted by Crippen LogP contribution is -2.37. The molecule has 1 fully saturated rings. The van der Waals surface area contributed by atoms with Gasteiger partial charge in [-0.2, -0.15) is 0 Å². The molecule has 0 spiro atoms. The Morgan fingerprint density at radius 3 is 2.71 bits per heavy atom. The molecule has 0 aliphatic carbocycles. The highest BCUT2D eigenvalue weighted by molar-refractivity contribution is 5.56. The van der Waals surface area contributed by atoms with E-state index in [0.717, 1.165) is 26.3 Å². The number of anilines is 1. The second kappa shape index (κ2) is 5.52. The average molecular weight is 234 g/mol. The number of hydrogen-bond acceptors (Lipinski definition) is 3. The van der Waals surface area contributed by atoms with Crippen LogP contribution in [0.3, 0.4) is 0 Å². The van der Waals surface area contributed by atoms with E-state index in [1.54, 1.807) is 0 Å². The van der Waals surface area contributed by atoms with Gasteiger partial charge in [-0.15, -0.1) is 0 Å². The van der Waals surface area contributed by atoms with E-state index in [1.807, 2.05) is 0 Å². The van der Waals surface area contributed by atoms with Gasteiger partial charge in [-0.05, 0) is 31.0 Å². The number of benzene rings is 1. The molecule has 0 radical (unpaired) electrons. The Kier molecular flexibility index (Phi) is 4.02. The number of ether oxygens (including phenoxy) is 1. The third-order valence-corrected chi connectivity index (χ3v) is 3.42. The topological polar surface area (TPSA) is 38.5 Å². The van der Waals surface area contributed by atoms with Crippen LogP contribution in [0.4, 0.5) is 5.69 Å². The zero-order chi connectivity index (χ0) is 12.3. The molecule has 3 heteroatoms. The number of morpholine rings is 1. The van der Waals surface area contributed by atoms with Crippen molar-refractivity contribution in [2.45, 2.75) is 19.8 Å². The second-order valence-electron chi connectivity index (χ2n) is 4.80. The minimum absolute atomic E-state index is 0.410. The minimum atomic E-state index is 0.410. The Morgan fingerprint density at radius 1 is 1.35 bits per heavy atom. The first-order valence-corrected chi connectivity index (χ1v) is 6.35. The van der Waals surface area contributed by atoms with Crippen LogP contribution in [0.1, 0.15) is 24.0 Å². The van der Waals surface area contributed by atoms with Gasteiger partial charge in [0.05, 0.1) is 13.2 Å². The average Bonchev–Trinajstić information content (AvgIpc) is 2.38. The van der Waals surface area contributed by atoms with E-state index in [1.165, 1.54) is 16.8 Å². The van der Waals surface area contributed by atoms with Crippen LogP contribution in [0.2, 0.25) is 0 Å². The van der Waals surface area contributed by atoms with Crippen LogP contribution >= 0.6 is 0 Å². The van der Waals surface area contributed by atoms with Crippen molar-refractivity contribution in [3.05, 3.63) is 29.3 Å². The molecule has 0 aromatic heterocycles. The Hall–Kier alpha value is -1.06. The summed E-state index contributed by atoms with van der Waals surface area (Å²) < 4.78 is 5.41. The SMILES string of the molecule is Cc1ccc(N2CCOCC2)c(C(C)CN)c1. The number of rotatable bonds is 3. The van der Waals surface area contributed by atoms with Gasteiger partial charge in [0.2, 0.25) is 0 Å². The van der Waals surface area contributed by atoms with E-state index >= 15 is 0 Å². The summed E-state index contributed by atoms with van der Waals surface area (Å²) in [6.45, 7) is 8.63. The van der Waals surface area contributed by atoms with Gasteiger partial charge in [0.1, 0.15) is 0 Å². The smallest absolute Gasteiger partial charge is 0.0642 e. The van der Waals surface area contributed by atoms with E-state index in [9.17, 15) is 0 Å². The van der Waals surface area contributed by atoms with Gasteiger partial charge in [0, 0.05) is 18.8 Å². The maximum absolute atomic E-state index is 5.81. The van der Waals surface area contributed by atoms with Crippen LogP contribution in [0, 0.1) is 6.92 Å². The van der Waals surface area contributed by atoms with Gasteiger partial charge >= 0.3 is 0 Å². The molecular formula is C14H22N2O. The largest absolute Gasteiger partial charge is 0.378 e. The van der Waals surface area contributed by atoms with Gasteiger partial charge in [-0.25, -0.2) is 0 Å². The summed E-state index contributed by atoms with van der Waals surface area (Å²) in [4.78, 5) is 2.41. The molecule has 1 aromatic carbocycles. The molecule has 1 aliphatic heterocycles. The van der Waals surface area contributed by atoms with Crippen LogP contribution in [0.5, 0.6) is 0 Å². The Balaban J connectivity index is 2.30. The summed E-state index contributed by atoms with van der Waals surface area (Å²) in [5.74, 6) is 0.410. The van der Waals surface area contributed by atoms with Gasteiger partial charge < -0.3 is 15.4 Å². The highest BCUT2D eigenvalue weighted by Crippen LogP contribution is 2.28. The molecule has 1 heterocycles. The fourth-order valence-electron chi connectivity index (χ4n) is 2.29. The first kappa shape index (κ1) is 12.4. The fourth-order valence-corrected chi connectivity index (χ4v) is 2.29. The van der Waals surface area contributed by atoms with Crippen LogP contribution in [-0.4, -0.2) is 32.8 Å². The van der Waals surface area contributed by atoms with E-state index < -0.39 is 0 Å². The van der Waals surface area contributed by atoms with Crippen molar-refractivity contribution in [2.75, 3.05) is 37.7 Å². The van der Waals surface area contributed by atoms with Crippen molar-refractivity contribution in [1.82, 2.24) is 0 Å². The zero-order valence-corrected chi connectivity index (χ0v) is 10.8. The molecule has 3 nitrogen and oxygen atoms in total.